The molecular formula is C19H38N2. The molecule has 0 aromatic rings. The molecule has 0 aliphatic heterocycles. The lowest BCUT2D eigenvalue weighted by Crippen LogP contribution is -2.37. The second-order valence-electron chi connectivity index (χ2n) is 7.80. The predicted octanol–water partition coefficient (Wildman–Crippen LogP) is 5.18. The van der Waals surface area contributed by atoms with Gasteiger partial charge in [-0.1, -0.05) is 64.7 Å². The van der Waals surface area contributed by atoms with Crippen LogP contribution < -0.4 is 11.3 Å². The van der Waals surface area contributed by atoms with Gasteiger partial charge in [-0.2, -0.15) is 0 Å². The van der Waals surface area contributed by atoms with Crippen molar-refractivity contribution in [3.8, 4) is 0 Å². The van der Waals surface area contributed by atoms with Crippen LogP contribution in [0.2, 0.25) is 0 Å². The van der Waals surface area contributed by atoms with E-state index in [-0.39, 0.29) is 0 Å². The molecule has 4 unspecified atom stereocenters. The molecule has 2 saturated carbocycles. The fourth-order valence-electron chi connectivity index (χ4n) is 4.82. The molecule has 2 rings (SSSR count). The zero-order valence-electron chi connectivity index (χ0n) is 14.3. The van der Waals surface area contributed by atoms with Crippen LogP contribution in [-0.4, -0.2) is 6.04 Å². The van der Waals surface area contributed by atoms with Gasteiger partial charge in [0.1, 0.15) is 0 Å². The van der Waals surface area contributed by atoms with Gasteiger partial charge < -0.3 is 0 Å². The highest BCUT2D eigenvalue weighted by Crippen LogP contribution is 2.50. The number of unbranched alkanes of at least 4 members (excludes halogenated alkanes) is 7. The number of rotatable bonds is 12. The SMILES string of the molecule is CCCCCCCCCCC(CC1CC2CCC1C2)NN. The van der Waals surface area contributed by atoms with Crippen LogP contribution in [0.3, 0.4) is 0 Å². The summed E-state index contributed by atoms with van der Waals surface area (Å²) in [7, 11) is 0. The maximum atomic E-state index is 5.79. The van der Waals surface area contributed by atoms with E-state index in [1.165, 1.54) is 89.9 Å². The second-order valence-corrected chi connectivity index (χ2v) is 7.80. The van der Waals surface area contributed by atoms with Gasteiger partial charge in [0.2, 0.25) is 0 Å². The lowest BCUT2D eigenvalue weighted by atomic mass is 9.83. The minimum Gasteiger partial charge on any atom is -0.271 e. The smallest absolute Gasteiger partial charge is 0.0213 e. The monoisotopic (exact) mass is 294 g/mol. The lowest BCUT2D eigenvalue weighted by Gasteiger charge is -2.26. The highest BCUT2D eigenvalue weighted by Gasteiger charge is 2.39. The summed E-state index contributed by atoms with van der Waals surface area (Å²) in [6.07, 6.45) is 20.0. The number of nitrogens with one attached hydrogen (secondary N) is 1. The number of hydrogen-bond acceptors (Lipinski definition) is 2. The Bertz CT molecular complexity index is 266. The number of nitrogens with two attached hydrogens (primary N) is 1. The molecule has 21 heavy (non-hydrogen) atoms. The van der Waals surface area contributed by atoms with Crippen molar-refractivity contribution in [3.63, 3.8) is 0 Å². The third kappa shape index (κ3) is 5.90. The van der Waals surface area contributed by atoms with Crippen LogP contribution in [-0.2, 0) is 0 Å². The van der Waals surface area contributed by atoms with Crippen molar-refractivity contribution in [2.24, 2.45) is 23.6 Å². The molecule has 2 aliphatic carbocycles. The Morgan fingerprint density at radius 1 is 0.952 bits per heavy atom. The van der Waals surface area contributed by atoms with Crippen molar-refractivity contribution in [2.45, 2.75) is 103 Å². The summed E-state index contributed by atoms with van der Waals surface area (Å²) >= 11 is 0. The third-order valence-electron chi connectivity index (χ3n) is 6.11. The van der Waals surface area contributed by atoms with Crippen molar-refractivity contribution >= 4 is 0 Å². The predicted molar refractivity (Wildman–Crippen MR) is 91.9 cm³/mol. The van der Waals surface area contributed by atoms with Gasteiger partial charge in [-0.15, -0.1) is 0 Å². The molecule has 2 nitrogen and oxygen atoms in total. The Labute approximate surface area is 132 Å². The van der Waals surface area contributed by atoms with Gasteiger partial charge in [-0.25, -0.2) is 0 Å². The zero-order chi connectivity index (χ0) is 14.9. The van der Waals surface area contributed by atoms with Crippen LogP contribution in [0, 0.1) is 17.8 Å². The van der Waals surface area contributed by atoms with E-state index >= 15 is 0 Å². The fraction of sp³-hybridized carbons (Fsp3) is 1.00. The van der Waals surface area contributed by atoms with Crippen LogP contribution in [0.4, 0.5) is 0 Å². The lowest BCUT2D eigenvalue weighted by molar-refractivity contribution is 0.269. The standard InChI is InChI=1S/C19H38N2/c1-2-3-4-5-6-7-8-9-10-19(21-20)15-18-14-16-11-12-17(18)13-16/h16-19,21H,2-15,20H2,1H3. The first-order valence-electron chi connectivity index (χ1n) is 9.79. The Morgan fingerprint density at radius 2 is 1.67 bits per heavy atom. The van der Waals surface area contributed by atoms with Crippen molar-refractivity contribution < 1.29 is 0 Å². The molecule has 124 valence electrons. The van der Waals surface area contributed by atoms with Crippen LogP contribution in [0.5, 0.6) is 0 Å². The van der Waals surface area contributed by atoms with E-state index in [1.54, 1.807) is 0 Å². The van der Waals surface area contributed by atoms with Gasteiger partial charge in [0.05, 0.1) is 0 Å². The van der Waals surface area contributed by atoms with Crippen LogP contribution in [0.15, 0.2) is 0 Å². The van der Waals surface area contributed by atoms with Crippen LogP contribution >= 0.6 is 0 Å². The van der Waals surface area contributed by atoms with Crippen molar-refractivity contribution in [2.75, 3.05) is 0 Å². The average molecular weight is 295 g/mol. The van der Waals surface area contributed by atoms with E-state index in [0.717, 1.165) is 17.8 Å². The van der Waals surface area contributed by atoms with Gasteiger partial charge >= 0.3 is 0 Å². The maximum Gasteiger partial charge on any atom is 0.0213 e. The largest absolute Gasteiger partial charge is 0.271 e. The summed E-state index contributed by atoms with van der Waals surface area (Å²) < 4.78 is 0. The van der Waals surface area contributed by atoms with E-state index in [1.807, 2.05) is 0 Å². The molecule has 3 N–H and O–H groups in total. The van der Waals surface area contributed by atoms with Gasteiger partial charge in [0, 0.05) is 6.04 Å². The Hall–Kier alpha value is -0.0800. The first-order chi connectivity index (χ1) is 10.3. The third-order valence-corrected chi connectivity index (χ3v) is 6.11. The molecule has 0 heterocycles. The molecule has 2 heteroatoms. The van der Waals surface area contributed by atoms with E-state index in [0.29, 0.717) is 6.04 Å². The van der Waals surface area contributed by atoms with Crippen molar-refractivity contribution in [1.29, 1.82) is 0 Å². The molecule has 2 bridgehead atoms. The first-order valence-corrected chi connectivity index (χ1v) is 9.79. The molecule has 0 aromatic heterocycles. The zero-order valence-corrected chi connectivity index (χ0v) is 14.3. The molecule has 2 aliphatic rings. The normalized spacial score (nSPS) is 29.1. The summed E-state index contributed by atoms with van der Waals surface area (Å²) in [6.45, 7) is 2.29. The summed E-state index contributed by atoms with van der Waals surface area (Å²) in [4.78, 5) is 0. The van der Waals surface area contributed by atoms with E-state index in [2.05, 4.69) is 12.3 Å². The van der Waals surface area contributed by atoms with E-state index in [4.69, 9.17) is 5.84 Å². The molecule has 2 fully saturated rings. The Morgan fingerprint density at radius 3 is 2.24 bits per heavy atom. The van der Waals surface area contributed by atoms with Gasteiger partial charge in [0.25, 0.3) is 0 Å². The number of fused-ring (bicyclic) bond motifs is 2. The first kappa shape index (κ1) is 17.3. The van der Waals surface area contributed by atoms with E-state index in [9.17, 15) is 0 Å². The molecule has 0 spiro atoms. The highest BCUT2D eigenvalue weighted by atomic mass is 15.2. The van der Waals surface area contributed by atoms with Crippen molar-refractivity contribution in [3.05, 3.63) is 0 Å². The topological polar surface area (TPSA) is 38.0 Å². The van der Waals surface area contributed by atoms with E-state index < -0.39 is 0 Å². The van der Waals surface area contributed by atoms with Gasteiger partial charge in [0.15, 0.2) is 0 Å². The Balaban J connectivity index is 1.48. The average Bonchev–Trinajstić information content (AvgIpc) is 3.11. The maximum absolute atomic E-state index is 5.79. The van der Waals surface area contributed by atoms with Gasteiger partial charge in [-0.05, 0) is 49.9 Å². The number of hydrazine groups is 1. The summed E-state index contributed by atoms with van der Waals surface area (Å²) in [6, 6.07) is 0.578. The highest BCUT2D eigenvalue weighted by molar-refractivity contribution is 4.91. The summed E-state index contributed by atoms with van der Waals surface area (Å²) in [5.74, 6) is 8.90. The minimum atomic E-state index is 0.578. The number of hydrogen-bond donors (Lipinski definition) is 2. The molecule has 0 amide bonds. The van der Waals surface area contributed by atoms with Crippen LogP contribution in [0.25, 0.3) is 0 Å². The molecule has 0 aromatic carbocycles. The Kier molecular flexibility index (Phi) is 8.10. The minimum absolute atomic E-state index is 0.578. The summed E-state index contributed by atoms with van der Waals surface area (Å²) in [5, 5.41) is 0. The molecule has 4 atom stereocenters. The van der Waals surface area contributed by atoms with Crippen LogP contribution in [0.1, 0.15) is 96.8 Å². The molecule has 0 saturated heterocycles. The fourth-order valence-corrected chi connectivity index (χ4v) is 4.82. The quantitative estimate of drug-likeness (QED) is 0.296. The van der Waals surface area contributed by atoms with Crippen molar-refractivity contribution in [1.82, 2.24) is 5.43 Å². The van der Waals surface area contributed by atoms with Gasteiger partial charge in [-0.3, -0.25) is 11.3 Å². The second kappa shape index (κ2) is 9.84. The summed E-state index contributed by atoms with van der Waals surface area (Å²) in [5.41, 5.74) is 3.11. The molecular weight excluding hydrogens is 256 g/mol. The molecule has 0 radical (unpaired) electrons.